The number of nitro benzene ring substituents is 1. The lowest BCUT2D eigenvalue weighted by Crippen LogP contribution is -2.22. The van der Waals surface area contributed by atoms with Gasteiger partial charge in [-0.1, -0.05) is 18.2 Å². The highest BCUT2D eigenvalue weighted by Crippen LogP contribution is 2.27. The van der Waals surface area contributed by atoms with Crippen molar-refractivity contribution in [3.63, 3.8) is 0 Å². The van der Waals surface area contributed by atoms with Crippen molar-refractivity contribution >= 4 is 15.7 Å². The van der Waals surface area contributed by atoms with E-state index in [-0.39, 0.29) is 16.3 Å². The maximum atomic E-state index is 12.0. The smallest absolute Gasteiger partial charge is 0.311 e. The minimum absolute atomic E-state index is 0.0787. The van der Waals surface area contributed by atoms with Crippen LogP contribution in [0, 0.1) is 10.1 Å². The molecule has 0 spiro atoms. The molecule has 0 unspecified atom stereocenters. The number of ether oxygens (including phenoxy) is 1. The average Bonchev–Trinajstić information content (AvgIpc) is 2.61. The molecule has 0 aliphatic carbocycles. The molecular weight excluding hydrogens is 358 g/mol. The van der Waals surface area contributed by atoms with Crippen LogP contribution in [0.2, 0.25) is 0 Å². The molecule has 26 heavy (non-hydrogen) atoms. The van der Waals surface area contributed by atoms with Crippen LogP contribution in [0.15, 0.2) is 47.4 Å². The van der Waals surface area contributed by atoms with Crippen molar-refractivity contribution in [3.05, 3.63) is 63.7 Å². The molecule has 2 rings (SSSR count). The summed E-state index contributed by atoms with van der Waals surface area (Å²) in [6.45, 7) is 0.935. The van der Waals surface area contributed by atoms with Gasteiger partial charge in [-0.2, -0.15) is 0 Å². The van der Waals surface area contributed by atoms with E-state index < -0.39 is 14.9 Å². The number of nitrogens with zero attached hydrogens (tertiary/aromatic N) is 2. The molecule has 0 saturated carbocycles. The second-order valence-electron chi connectivity index (χ2n) is 5.80. The van der Waals surface area contributed by atoms with Crippen molar-refractivity contribution in [2.45, 2.75) is 18.0 Å². The van der Waals surface area contributed by atoms with Crippen LogP contribution >= 0.6 is 0 Å². The van der Waals surface area contributed by atoms with Crippen LogP contribution in [0.1, 0.15) is 11.1 Å². The summed E-state index contributed by atoms with van der Waals surface area (Å²) < 4.78 is 30.2. The van der Waals surface area contributed by atoms with Crippen LogP contribution < -0.4 is 10.1 Å². The summed E-state index contributed by atoms with van der Waals surface area (Å²) in [5.41, 5.74) is 1.58. The van der Waals surface area contributed by atoms with E-state index in [1.807, 2.05) is 0 Å². The summed E-state index contributed by atoms with van der Waals surface area (Å²) in [5, 5.41) is 14.2. The van der Waals surface area contributed by atoms with Crippen LogP contribution in [0.3, 0.4) is 0 Å². The molecule has 2 aromatic carbocycles. The molecule has 2 aromatic rings. The molecule has 0 radical (unpaired) electrons. The van der Waals surface area contributed by atoms with E-state index in [0.717, 1.165) is 15.4 Å². The van der Waals surface area contributed by atoms with Gasteiger partial charge in [0.25, 0.3) is 0 Å². The third-order valence-electron chi connectivity index (χ3n) is 3.80. The Morgan fingerprint density at radius 2 is 1.65 bits per heavy atom. The SMILES string of the molecule is COc1ccc(CNCc2ccc(S(=O)(=O)N(C)C)cc2)cc1[N+](=O)[O-]. The van der Waals surface area contributed by atoms with Gasteiger partial charge in [-0.3, -0.25) is 10.1 Å². The van der Waals surface area contributed by atoms with Gasteiger partial charge in [0, 0.05) is 33.3 Å². The third-order valence-corrected chi connectivity index (χ3v) is 5.63. The van der Waals surface area contributed by atoms with Crippen LogP contribution in [0.4, 0.5) is 5.69 Å². The molecule has 0 aromatic heterocycles. The standard InChI is InChI=1S/C17H21N3O5S/c1-19(2)26(23,24)15-7-4-13(5-8-15)11-18-12-14-6-9-17(25-3)16(10-14)20(21)22/h4-10,18H,11-12H2,1-3H3. The van der Waals surface area contributed by atoms with Gasteiger partial charge in [0.1, 0.15) is 0 Å². The normalized spacial score (nSPS) is 11.5. The zero-order chi connectivity index (χ0) is 19.3. The Bertz CT molecular complexity index is 880. The summed E-state index contributed by atoms with van der Waals surface area (Å²) >= 11 is 0. The maximum absolute atomic E-state index is 12.0. The van der Waals surface area contributed by atoms with Crippen molar-refractivity contribution < 1.29 is 18.1 Å². The number of hydrogen-bond donors (Lipinski definition) is 1. The van der Waals surface area contributed by atoms with Gasteiger partial charge >= 0.3 is 5.69 Å². The highest BCUT2D eigenvalue weighted by atomic mass is 32.2. The van der Waals surface area contributed by atoms with Gasteiger partial charge in [-0.15, -0.1) is 0 Å². The van der Waals surface area contributed by atoms with Gasteiger partial charge in [-0.05, 0) is 29.3 Å². The lowest BCUT2D eigenvalue weighted by Gasteiger charge is -2.12. The first-order chi connectivity index (χ1) is 12.3. The first-order valence-electron chi connectivity index (χ1n) is 7.79. The zero-order valence-electron chi connectivity index (χ0n) is 14.8. The second-order valence-corrected chi connectivity index (χ2v) is 7.95. The van der Waals surface area contributed by atoms with Gasteiger partial charge in [0.05, 0.1) is 16.9 Å². The number of hydrogen-bond acceptors (Lipinski definition) is 6. The molecule has 0 fully saturated rings. The Morgan fingerprint density at radius 1 is 1.08 bits per heavy atom. The maximum Gasteiger partial charge on any atom is 0.311 e. The second kappa shape index (κ2) is 8.26. The molecule has 9 heteroatoms. The van der Waals surface area contributed by atoms with E-state index in [9.17, 15) is 18.5 Å². The summed E-state index contributed by atoms with van der Waals surface area (Å²) in [6, 6.07) is 11.4. The number of sulfonamides is 1. The van der Waals surface area contributed by atoms with Crippen molar-refractivity contribution in [3.8, 4) is 5.75 Å². The zero-order valence-corrected chi connectivity index (χ0v) is 15.6. The molecule has 1 N–H and O–H groups in total. The van der Waals surface area contributed by atoms with Gasteiger partial charge in [0.15, 0.2) is 5.75 Å². The fourth-order valence-electron chi connectivity index (χ4n) is 2.33. The Hall–Kier alpha value is -2.49. The number of nitrogens with one attached hydrogen (secondary N) is 1. The lowest BCUT2D eigenvalue weighted by molar-refractivity contribution is -0.385. The summed E-state index contributed by atoms with van der Waals surface area (Å²) in [6.07, 6.45) is 0. The quantitative estimate of drug-likeness (QED) is 0.557. The van der Waals surface area contributed by atoms with E-state index in [4.69, 9.17) is 4.74 Å². The van der Waals surface area contributed by atoms with Crippen LogP contribution in [0.25, 0.3) is 0 Å². The largest absolute Gasteiger partial charge is 0.490 e. The molecule has 0 amide bonds. The highest BCUT2D eigenvalue weighted by molar-refractivity contribution is 7.89. The van der Waals surface area contributed by atoms with Crippen LogP contribution in [-0.2, 0) is 23.1 Å². The van der Waals surface area contributed by atoms with Crippen molar-refractivity contribution in [2.75, 3.05) is 21.2 Å². The number of nitro groups is 1. The topological polar surface area (TPSA) is 102 Å². The molecule has 0 heterocycles. The fourth-order valence-corrected chi connectivity index (χ4v) is 3.23. The van der Waals surface area contributed by atoms with Crippen LogP contribution in [0.5, 0.6) is 5.75 Å². The van der Waals surface area contributed by atoms with Gasteiger partial charge in [0.2, 0.25) is 10.0 Å². The van der Waals surface area contributed by atoms with Crippen molar-refractivity contribution in [1.29, 1.82) is 0 Å². The van der Waals surface area contributed by atoms with E-state index in [1.54, 1.807) is 36.4 Å². The minimum Gasteiger partial charge on any atom is -0.490 e. The first-order valence-corrected chi connectivity index (χ1v) is 9.23. The third kappa shape index (κ3) is 4.57. The summed E-state index contributed by atoms with van der Waals surface area (Å²) in [4.78, 5) is 10.8. The summed E-state index contributed by atoms with van der Waals surface area (Å²) in [7, 11) is 0.920. The highest BCUT2D eigenvalue weighted by Gasteiger charge is 2.17. The summed E-state index contributed by atoms with van der Waals surface area (Å²) in [5.74, 6) is 0.219. The average molecular weight is 379 g/mol. The molecule has 0 atom stereocenters. The lowest BCUT2D eigenvalue weighted by atomic mass is 10.1. The molecule has 140 valence electrons. The van der Waals surface area contributed by atoms with Gasteiger partial charge < -0.3 is 10.1 Å². The Balaban J connectivity index is 2.00. The monoisotopic (exact) mass is 379 g/mol. The molecular formula is C17H21N3O5S. The Labute approximate surface area is 152 Å². The van der Waals surface area contributed by atoms with Crippen molar-refractivity contribution in [1.82, 2.24) is 9.62 Å². The molecule has 0 saturated heterocycles. The number of methoxy groups -OCH3 is 1. The van der Waals surface area contributed by atoms with E-state index in [0.29, 0.717) is 13.1 Å². The molecule has 0 aliphatic rings. The van der Waals surface area contributed by atoms with E-state index in [1.165, 1.54) is 27.3 Å². The van der Waals surface area contributed by atoms with Crippen LogP contribution in [-0.4, -0.2) is 38.9 Å². The molecule has 0 bridgehead atoms. The predicted molar refractivity (Wildman–Crippen MR) is 97.5 cm³/mol. The Kier molecular flexibility index (Phi) is 6.30. The molecule has 0 aliphatic heterocycles. The predicted octanol–water partition coefficient (Wildman–Crippen LogP) is 2.14. The molecule has 8 nitrogen and oxygen atoms in total. The van der Waals surface area contributed by atoms with Crippen molar-refractivity contribution in [2.24, 2.45) is 0 Å². The van der Waals surface area contributed by atoms with E-state index >= 15 is 0 Å². The fraction of sp³-hybridized carbons (Fsp3) is 0.294. The van der Waals surface area contributed by atoms with Gasteiger partial charge in [-0.25, -0.2) is 12.7 Å². The van der Waals surface area contributed by atoms with E-state index in [2.05, 4.69) is 5.32 Å². The number of benzene rings is 2. The number of rotatable bonds is 8. The first kappa shape index (κ1) is 19.8. The Morgan fingerprint density at radius 3 is 2.19 bits per heavy atom. The minimum atomic E-state index is -3.44.